The van der Waals surface area contributed by atoms with E-state index < -0.39 is 0 Å². The van der Waals surface area contributed by atoms with Crippen molar-refractivity contribution in [2.24, 2.45) is 0 Å². The second-order valence-electron chi connectivity index (χ2n) is 6.46. The summed E-state index contributed by atoms with van der Waals surface area (Å²) in [5.74, 6) is -0.440. The Bertz CT molecular complexity index is 798. The maximum atomic E-state index is 12.7. The van der Waals surface area contributed by atoms with E-state index >= 15 is 0 Å². The van der Waals surface area contributed by atoms with Crippen LogP contribution in [0.4, 0.5) is 0 Å². The van der Waals surface area contributed by atoms with Crippen molar-refractivity contribution < 1.29 is 14.3 Å². The summed E-state index contributed by atoms with van der Waals surface area (Å²) in [5, 5.41) is 3.22. The zero-order valence-electron chi connectivity index (χ0n) is 13.9. The van der Waals surface area contributed by atoms with E-state index in [1.807, 2.05) is 30.3 Å². The second-order valence-corrected chi connectivity index (χ2v) is 6.46. The second kappa shape index (κ2) is 6.78. The molecule has 2 aromatic rings. The van der Waals surface area contributed by atoms with Gasteiger partial charge in [-0.25, -0.2) is 0 Å². The van der Waals surface area contributed by atoms with E-state index in [1.54, 1.807) is 6.07 Å². The van der Waals surface area contributed by atoms with E-state index in [1.165, 1.54) is 10.5 Å². The highest BCUT2D eigenvalue weighted by molar-refractivity contribution is 6.21. The van der Waals surface area contributed by atoms with Crippen LogP contribution in [0, 0.1) is 0 Å². The monoisotopic (exact) mass is 336 g/mol. The molecular weight excluding hydrogens is 316 g/mol. The lowest BCUT2D eigenvalue weighted by atomic mass is 10.0. The van der Waals surface area contributed by atoms with Gasteiger partial charge in [-0.15, -0.1) is 0 Å². The van der Waals surface area contributed by atoms with E-state index in [9.17, 15) is 9.59 Å². The van der Waals surface area contributed by atoms with Gasteiger partial charge in [0.05, 0.1) is 30.4 Å². The molecule has 128 valence electrons. The minimum Gasteiger partial charge on any atom is -0.374 e. The van der Waals surface area contributed by atoms with Gasteiger partial charge in [0.1, 0.15) is 0 Å². The lowest BCUT2D eigenvalue weighted by molar-refractivity contribution is 0.00861. The smallest absolute Gasteiger partial charge is 0.261 e. The minimum absolute atomic E-state index is 0.139. The molecule has 0 aliphatic carbocycles. The molecule has 2 amide bonds. The predicted molar refractivity (Wildman–Crippen MR) is 93.7 cm³/mol. The lowest BCUT2D eigenvalue weighted by Crippen LogP contribution is -2.46. The standard InChI is InChI=1S/C20H20N2O3/c23-19-17-7-6-15(10-14-4-2-1-3-5-14)11-18(17)20(24)22(19)13-16-12-21-8-9-25-16/h1-7,11,16,21H,8-10,12-13H2. The number of morpholine rings is 1. The molecule has 0 spiro atoms. The molecule has 0 saturated carbocycles. The van der Waals surface area contributed by atoms with E-state index in [-0.39, 0.29) is 17.9 Å². The highest BCUT2D eigenvalue weighted by atomic mass is 16.5. The molecule has 0 radical (unpaired) electrons. The van der Waals surface area contributed by atoms with Crippen molar-refractivity contribution in [3.05, 3.63) is 70.8 Å². The molecule has 4 rings (SSSR count). The number of benzene rings is 2. The van der Waals surface area contributed by atoms with Crippen LogP contribution in [0.5, 0.6) is 0 Å². The quantitative estimate of drug-likeness (QED) is 0.866. The molecule has 1 fully saturated rings. The number of nitrogens with zero attached hydrogens (tertiary/aromatic N) is 1. The first kappa shape index (κ1) is 16.0. The van der Waals surface area contributed by atoms with Crippen LogP contribution in [-0.2, 0) is 11.2 Å². The van der Waals surface area contributed by atoms with Gasteiger partial charge in [-0.05, 0) is 29.7 Å². The van der Waals surface area contributed by atoms with Crippen LogP contribution in [-0.4, -0.2) is 49.1 Å². The maximum absolute atomic E-state index is 12.7. The molecule has 5 nitrogen and oxygen atoms in total. The fraction of sp³-hybridized carbons (Fsp3) is 0.300. The summed E-state index contributed by atoms with van der Waals surface area (Å²) in [6.07, 6.45) is 0.602. The summed E-state index contributed by atoms with van der Waals surface area (Å²) in [6.45, 7) is 2.37. The summed E-state index contributed by atoms with van der Waals surface area (Å²) in [6, 6.07) is 15.6. The van der Waals surface area contributed by atoms with Gasteiger partial charge in [-0.3, -0.25) is 14.5 Å². The first-order valence-electron chi connectivity index (χ1n) is 8.58. The average molecular weight is 336 g/mol. The van der Waals surface area contributed by atoms with E-state index in [2.05, 4.69) is 17.4 Å². The Kier molecular flexibility index (Phi) is 4.34. The van der Waals surface area contributed by atoms with Crippen LogP contribution in [0.1, 0.15) is 31.8 Å². The molecule has 0 bridgehead atoms. The molecule has 1 unspecified atom stereocenters. The fourth-order valence-electron chi connectivity index (χ4n) is 3.39. The Balaban J connectivity index is 1.53. The van der Waals surface area contributed by atoms with Crippen molar-refractivity contribution in [3.8, 4) is 0 Å². The molecule has 2 heterocycles. The van der Waals surface area contributed by atoms with Gasteiger partial charge in [0.15, 0.2) is 0 Å². The van der Waals surface area contributed by atoms with Gasteiger partial charge < -0.3 is 10.1 Å². The first-order valence-corrected chi connectivity index (χ1v) is 8.58. The average Bonchev–Trinajstić information content (AvgIpc) is 2.88. The lowest BCUT2D eigenvalue weighted by Gasteiger charge is -2.26. The molecular formula is C20H20N2O3. The molecule has 1 atom stereocenters. The summed E-state index contributed by atoms with van der Waals surface area (Å²) in [5.41, 5.74) is 3.20. The molecule has 25 heavy (non-hydrogen) atoms. The van der Waals surface area contributed by atoms with Gasteiger partial charge in [0.2, 0.25) is 0 Å². The normalized spacial score (nSPS) is 20.0. The van der Waals surface area contributed by atoms with Crippen molar-refractivity contribution in [2.45, 2.75) is 12.5 Å². The van der Waals surface area contributed by atoms with Crippen LogP contribution in [0.2, 0.25) is 0 Å². The molecule has 2 aliphatic heterocycles. The van der Waals surface area contributed by atoms with Crippen LogP contribution in [0.15, 0.2) is 48.5 Å². The number of amides is 2. The van der Waals surface area contributed by atoms with Crippen molar-refractivity contribution in [2.75, 3.05) is 26.2 Å². The van der Waals surface area contributed by atoms with E-state index in [0.717, 1.165) is 18.5 Å². The van der Waals surface area contributed by atoms with Gasteiger partial charge in [-0.2, -0.15) is 0 Å². The van der Waals surface area contributed by atoms with Gasteiger partial charge in [0.25, 0.3) is 11.8 Å². The number of imide groups is 1. The third kappa shape index (κ3) is 3.21. The molecule has 0 aromatic heterocycles. The van der Waals surface area contributed by atoms with Crippen molar-refractivity contribution in [1.82, 2.24) is 10.2 Å². The molecule has 5 heteroatoms. The topological polar surface area (TPSA) is 58.6 Å². The summed E-state index contributed by atoms with van der Waals surface area (Å²) in [4.78, 5) is 26.6. The first-order chi connectivity index (χ1) is 12.2. The number of carbonyl (C=O) groups is 2. The predicted octanol–water partition coefficient (Wildman–Crippen LogP) is 1.86. The fourth-order valence-corrected chi connectivity index (χ4v) is 3.39. The number of nitrogens with one attached hydrogen (secondary N) is 1. The maximum Gasteiger partial charge on any atom is 0.261 e. The Morgan fingerprint density at radius 2 is 1.80 bits per heavy atom. The molecule has 1 saturated heterocycles. The zero-order valence-corrected chi connectivity index (χ0v) is 13.9. The Morgan fingerprint density at radius 3 is 2.56 bits per heavy atom. The van der Waals surface area contributed by atoms with Crippen LogP contribution >= 0.6 is 0 Å². The van der Waals surface area contributed by atoms with Gasteiger partial charge >= 0.3 is 0 Å². The number of hydrogen-bond acceptors (Lipinski definition) is 4. The SMILES string of the molecule is O=C1c2ccc(Cc3ccccc3)cc2C(=O)N1CC1CNCCO1. The van der Waals surface area contributed by atoms with Crippen LogP contribution < -0.4 is 5.32 Å². The highest BCUT2D eigenvalue weighted by Gasteiger charge is 2.37. The number of fused-ring (bicyclic) bond motifs is 1. The van der Waals surface area contributed by atoms with Crippen LogP contribution in [0.25, 0.3) is 0 Å². The Hall–Kier alpha value is -2.50. The van der Waals surface area contributed by atoms with E-state index in [0.29, 0.717) is 30.8 Å². The number of ether oxygens (including phenoxy) is 1. The van der Waals surface area contributed by atoms with E-state index in [4.69, 9.17) is 4.74 Å². The third-order valence-corrected chi connectivity index (χ3v) is 4.68. The minimum atomic E-state index is -0.222. The summed E-state index contributed by atoms with van der Waals surface area (Å²) >= 11 is 0. The molecule has 2 aromatic carbocycles. The van der Waals surface area contributed by atoms with Gasteiger partial charge in [0, 0.05) is 13.1 Å². The highest BCUT2D eigenvalue weighted by Crippen LogP contribution is 2.25. The van der Waals surface area contributed by atoms with Crippen molar-refractivity contribution in [1.29, 1.82) is 0 Å². The largest absolute Gasteiger partial charge is 0.374 e. The van der Waals surface area contributed by atoms with Crippen molar-refractivity contribution in [3.63, 3.8) is 0 Å². The Morgan fingerprint density at radius 1 is 1.00 bits per heavy atom. The molecule has 1 N–H and O–H groups in total. The van der Waals surface area contributed by atoms with Crippen LogP contribution in [0.3, 0.4) is 0 Å². The molecule has 2 aliphatic rings. The van der Waals surface area contributed by atoms with Crippen molar-refractivity contribution >= 4 is 11.8 Å². The third-order valence-electron chi connectivity index (χ3n) is 4.68. The van der Waals surface area contributed by atoms with Gasteiger partial charge in [-0.1, -0.05) is 36.4 Å². The number of carbonyl (C=O) groups excluding carboxylic acids is 2. The zero-order chi connectivity index (χ0) is 17.2. The Labute approximate surface area is 146 Å². The summed E-state index contributed by atoms with van der Waals surface area (Å²) in [7, 11) is 0. The summed E-state index contributed by atoms with van der Waals surface area (Å²) < 4.78 is 5.63. The number of hydrogen-bond donors (Lipinski definition) is 1. The number of rotatable bonds is 4.